The molecule has 10 nitrogen and oxygen atoms in total. The van der Waals surface area contributed by atoms with Crippen LogP contribution in [0.25, 0.3) is 4.96 Å². The molecule has 2 aromatic heterocycles. The normalized spacial score (nSPS) is 10.7. The van der Waals surface area contributed by atoms with Crippen LogP contribution in [0.15, 0.2) is 59.4 Å². The Balaban J connectivity index is 1.68. The van der Waals surface area contributed by atoms with Crippen LogP contribution in [-0.2, 0) is 4.74 Å². The number of anilines is 2. The van der Waals surface area contributed by atoms with Crippen molar-refractivity contribution in [3.63, 3.8) is 0 Å². The van der Waals surface area contributed by atoms with E-state index in [-0.39, 0.29) is 15.5 Å². The minimum absolute atomic E-state index is 0.00183. The Bertz CT molecular complexity index is 1560. The fourth-order valence-electron chi connectivity index (χ4n) is 3.63. The Morgan fingerprint density at radius 1 is 1.00 bits per heavy atom. The van der Waals surface area contributed by atoms with E-state index in [1.54, 1.807) is 43.3 Å². The van der Waals surface area contributed by atoms with Crippen molar-refractivity contribution in [1.82, 2.24) is 9.38 Å². The smallest absolute Gasteiger partial charge is 0.338 e. The molecular weight excluding hydrogens is 508 g/mol. The molecule has 4 aromatic rings. The zero-order valence-corrected chi connectivity index (χ0v) is 21.9. The molecule has 2 amide bonds. The Kier molecular flexibility index (Phi) is 8.17. The van der Waals surface area contributed by atoms with Crippen LogP contribution in [0.5, 0.6) is 5.75 Å². The summed E-state index contributed by atoms with van der Waals surface area (Å²) >= 11 is 0.924. The highest BCUT2D eigenvalue weighted by Gasteiger charge is 2.27. The van der Waals surface area contributed by atoms with Gasteiger partial charge in [-0.15, -0.1) is 0 Å². The highest BCUT2D eigenvalue weighted by molar-refractivity contribution is 7.19. The topological polar surface area (TPSA) is 128 Å². The number of carbonyl (C=O) groups excluding carboxylic acids is 3. The summed E-state index contributed by atoms with van der Waals surface area (Å²) in [5, 5.41) is 5.48. The maximum absolute atomic E-state index is 13.5. The number of nitrogens with zero attached hydrogens (tertiary/aromatic N) is 2. The van der Waals surface area contributed by atoms with Crippen molar-refractivity contribution in [2.24, 2.45) is 0 Å². The second-order valence-electron chi connectivity index (χ2n) is 8.18. The van der Waals surface area contributed by atoms with Crippen molar-refractivity contribution >= 4 is 45.5 Å². The summed E-state index contributed by atoms with van der Waals surface area (Å²) in [6.07, 6.45) is 0.708. The van der Waals surface area contributed by atoms with Crippen molar-refractivity contribution in [3.05, 3.63) is 86.8 Å². The van der Waals surface area contributed by atoms with Gasteiger partial charge in [-0.1, -0.05) is 30.4 Å². The molecule has 11 heteroatoms. The third kappa shape index (κ3) is 5.73. The van der Waals surface area contributed by atoms with Crippen LogP contribution >= 0.6 is 11.3 Å². The van der Waals surface area contributed by atoms with Crippen molar-refractivity contribution < 1.29 is 23.9 Å². The summed E-state index contributed by atoms with van der Waals surface area (Å²) in [6, 6.07) is 14.3. The van der Waals surface area contributed by atoms with E-state index in [2.05, 4.69) is 15.6 Å². The van der Waals surface area contributed by atoms with E-state index in [1.807, 2.05) is 13.8 Å². The van der Waals surface area contributed by atoms with Crippen LogP contribution in [0.1, 0.15) is 56.5 Å². The molecule has 2 aromatic carbocycles. The molecule has 196 valence electrons. The van der Waals surface area contributed by atoms with Gasteiger partial charge in [0.25, 0.3) is 17.4 Å². The van der Waals surface area contributed by atoms with Crippen molar-refractivity contribution in [1.29, 1.82) is 0 Å². The maximum Gasteiger partial charge on any atom is 0.338 e. The summed E-state index contributed by atoms with van der Waals surface area (Å²) in [7, 11) is 0. The number of hydrogen-bond donors (Lipinski definition) is 2. The standard InChI is InChI=1S/C27H26N4O6S/c1-4-14-37-26(35)17-10-12-18(13-11-17)29-25(34)23-22(31-21(32)15-16(3)28-27(31)38-23)24(33)30-19-8-6-7-9-20(19)36-5-2/h6-13,15H,4-5,14H2,1-3H3,(H,29,34)(H,30,33). The van der Waals surface area contributed by atoms with Gasteiger partial charge in [0, 0.05) is 17.4 Å². The molecule has 0 saturated carbocycles. The molecule has 0 unspecified atom stereocenters. The van der Waals surface area contributed by atoms with Gasteiger partial charge in [0.05, 0.1) is 24.5 Å². The predicted octanol–water partition coefficient (Wildman–Crippen LogP) is 4.53. The number of amides is 2. The van der Waals surface area contributed by atoms with Gasteiger partial charge in [-0.25, -0.2) is 14.2 Å². The van der Waals surface area contributed by atoms with Crippen molar-refractivity contribution in [2.45, 2.75) is 27.2 Å². The quantitative estimate of drug-likeness (QED) is 0.302. The number of hydrogen-bond acceptors (Lipinski definition) is 8. The summed E-state index contributed by atoms with van der Waals surface area (Å²) in [5.41, 5.74) is 0.958. The number of fused-ring (bicyclic) bond motifs is 1. The first-order chi connectivity index (χ1) is 18.3. The number of rotatable bonds is 9. The summed E-state index contributed by atoms with van der Waals surface area (Å²) in [6.45, 7) is 6.08. The average Bonchev–Trinajstić information content (AvgIpc) is 3.29. The molecule has 0 aliphatic carbocycles. The minimum atomic E-state index is -0.671. The molecule has 0 bridgehead atoms. The number of aromatic nitrogens is 2. The number of para-hydroxylation sites is 2. The highest BCUT2D eigenvalue weighted by Crippen LogP contribution is 2.27. The summed E-state index contributed by atoms with van der Waals surface area (Å²) in [4.78, 5) is 56.3. The van der Waals surface area contributed by atoms with Crippen LogP contribution < -0.4 is 20.9 Å². The zero-order valence-electron chi connectivity index (χ0n) is 21.1. The van der Waals surface area contributed by atoms with Crippen LogP contribution in [-0.4, -0.2) is 40.4 Å². The van der Waals surface area contributed by atoms with E-state index < -0.39 is 23.3 Å². The summed E-state index contributed by atoms with van der Waals surface area (Å²) < 4.78 is 11.8. The number of nitrogens with one attached hydrogen (secondary N) is 2. The molecule has 0 fully saturated rings. The lowest BCUT2D eigenvalue weighted by atomic mass is 10.2. The second-order valence-corrected chi connectivity index (χ2v) is 9.16. The third-order valence-corrected chi connectivity index (χ3v) is 6.36. The molecule has 38 heavy (non-hydrogen) atoms. The molecule has 2 N–H and O–H groups in total. The highest BCUT2D eigenvalue weighted by atomic mass is 32.1. The monoisotopic (exact) mass is 534 g/mol. The Labute approximate surface area is 222 Å². The number of thiazole rings is 1. The van der Waals surface area contributed by atoms with E-state index in [0.29, 0.717) is 48.0 Å². The van der Waals surface area contributed by atoms with Gasteiger partial charge in [-0.2, -0.15) is 0 Å². The molecule has 0 saturated heterocycles. The first-order valence-corrected chi connectivity index (χ1v) is 12.8. The van der Waals surface area contributed by atoms with Gasteiger partial charge in [-0.3, -0.25) is 14.4 Å². The summed E-state index contributed by atoms with van der Waals surface area (Å²) in [5.74, 6) is -1.29. The number of esters is 1. The lowest BCUT2D eigenvalue weighted by molar-refractivity contribution is 0.0505. The molecular formula is C27H26N4O6S. The van der Waals surface area contributed by atoms with Crippen LogP contribution in [0, 0.1) is 6.92 Å². The first kappa shape index (κ1) is 26.6. The number of carbonyl (C=O) groups is 3. The largest absolute Gasteiger partial charge is 0.492 e. The Morgan fingerprint density at radius 3 is 2.45 bits per heavy atom. The van der Waals surface area contributed by atoms with Gasteiger partial charge in [-0.05, 0) is 56.7 Å². The number of ether oxygens (including phenoxy) is 2. The van der Waals surface area contributed by atoms with E-state index in [9.17, 15) is 19.2 Å². The van der Waals surface area contributed by atoms with Gasteiger partial charge in [0.2, 0.25) is 0 Å². The van der Waals surface area contributed by atoms with Gasteiger partial charge in [0.15, 0.2) is 4.96 Å². The molecule has 0 aliphatic heterocycles. The number of benzene rings is 2. The minimum Gasteiger partial charge on any atom is -0.492 e. The van der Waals surface area contributed by atoms with E-state index in [1.165, 1.54) is 18.2 Å². The van der Waals surface area contributed by atoms with E-state index >= 15 is 0 Å². The molecule has 0 aliphatic rings. The Morgan fingerprint density at radius 2 is 1.74 bits per heavy atom. The average molecular weight is 535 g/mol. The Hall–Kier alpha value is -4.51. The van der Waals surface area contributed by atoms with Crippen LogP contribution in [0.4, 0.5) is 11.4 Å². The molecule has 0 radical (unpaired) electrons. The van der Waals surface area contributed by atoms with Gasteiger partial charge < -0.3 is 20.1 Å². The van der Waals surface area contributed by atoms with Gasteiger partial charge >= 0.3 is 5.97 Å². The van der Waals surface area contributed by atoms with Crippen LogP contribution in [0.3, 0.4) is 0 Å². The van der Waals surface area contributed by atoms with Crippen LogP contribution in [0.2, 0.25) is 0 Å². The fraction of sp³-hybridized carbons (Fsp3) is 0.222. The predicted molar refractivity (Wildman–Crippen MR) is 145 cm³/mol. The lowest BCUT2D eigenvalue weighted by Crippen LogP contribution is -2.25. The lowest BCUT2D eigenvalue weighted by Gasteiger charge is -2.12. The maximum atomic E-state index is 13.5. The molecule has 0 spiro atoms. The van der Waals surface area contributed by atoms with Gasteiger partial charge in [0.1, 0.15) is 16.3 Å². The second kappa shape index (κ2) is 11.7. The van der Waals surface area contributed by atoms with E-state index in [0.717, 1.165) is 15.7 Å². The zero-order chi connectivity index (χ0) is 27.2. The van der Waals surface area contributed by atoms with Crippen molar-refractivity contribution in [2.75, 3.05) is 23.8 Å². The van der Waals surface area contributed by atoms with E-state index in [4.69, 9.17) is 9.47 Å². The molecule has 2 heterocycles. The van der Waals surface area contributed by atoms with Crippen molar-refractivity contribution in [3.8, 4) is 5.75 Å². The first-order valence-electron chi connectivity index (χ1n) is 12.0. The number of aryl methyl sites for hydroxylation is 1. The third-order valence-electron chi connectivity index (χ3n) is 5.32. The molecule has 4 rings (SSSR count). The fourth-order valence-corrected chi connectivity index (χ4v) is 4.70. The molecule has 0 atom stereocenters. The SMILES string of the molecule is CCCOC(=O)c1ccc(NC(=O)c2sc3nc(C)cc(=O)n3c2C(=O)Nc2ccccc2OCC)cc1.